The van der Waals surface area contributed by atoms with Crippen LogP contribution >= 0.6 is 43.6 Å². The summed E-state index contributed by atoms with van der Waals surface area (Å²) < 4.78 is 13.2. The van der Waals surface area contributed by atoms with Gasteiger partial charge in [-0.1, -0.05) is 57.9 Å². The molecular weight excluding hydrogens is 568 g/mol. The van der Waals surface area contributed by atoms with Crippen LogP contribution < -0.4 is 14.9 Å². The van der Waals surface area contributed by atoms with E-state index in [1.54, 1.807) is 13.3 Å². The molecule has 1 amide bonds. The zero-order valence-electron chi connectivity index (χ0n) is 18.3. The highest BCUT2D eigenvalue weighted by molar-refractivity contribution is 9.10. The van der Waals surface area contributed by atoms with Crippen molar-refractivity contribution in [2.75, 3.05) is 12.9 Å². The van der Waals surface area contributed by atoms with Gasteiger partial charge in [-0.05, 0) is 63.8 Å². The van der Waals surface area contributed by atoms with E-state index in [0.29, 0.717) is 23.9 Å². The second-order valence-electron chi connectivity index (χ2n) is 7.22. The van der Waals surface area contributed by atoms with Gasteiger partial charge in [-0.25, -0.2) is 5.43 Å². The predicted octanol–water partition coefficient (Wildman–Crippen LogP) is 6.49. The fourth-order valence-corrected chi connectivity index (χ4v) is 4.68. The molecule has 172 valence electrons. The Bertz CT molecular complexity index is 1120. The monoisotopic (exact) mass is 590 g/mol. The van der Waals surface area contributed by atoms with Crippen molar-refractivity contribution in [2.45, 2.75) is 19.3 Å². The number of benzene rings is 3. The minimum absolute atomic E-state index is 0.157. The summed E-state index contributed by atoms with van der Waals surface area (Å²) in [4.78, 5) is 12.1. The molecular formula is C25H24Br2N2O3S. The van der Waals surface area contributed by atoms with Crippen LogP contribution in [-0.2, 0) is 17.2 Å². The Morgan fingerprint density at radius 3 is 2.61 bits per heavy atom. The molecule has 8 heteroatoms. The number of amides is 1. The first-order valence-corrected chi connectivity index (χ1v) is 12.9. The van der Waals surface area contributed by atoms with Gasteiger partial charge in [-0.2, -0.15) is 5.10 Å². The molecule has 0 heterocycles. The van der Waals surface area contributed by atoms with Crippen molar-refractivity contribution in [2.24, 2.45) is 5.10 Å². The lowest BCUT2D eigenvalue weighted by Gasteiger charge is -2.13. The largest absolute Gasteiger partial charge is 0.493 e. The van der Waals surface area contributed by atoms with E-state index in [2.05, 4.69) is 61.4 Å². The first kappa shape index (κ1) is 25.3. The third kappa shape index (κ3) is 8.21. The molecule has 33 heavy (non-hydrogen) atoms. The number of nitrogens with one attached hydrogen (secondary N) is 1. The molecule has 0 bridgehead atoms. The first-order valence-electron chi connectivity index (χ1n) is 10.1. The normalized spacial score (nSPS) is 10.9. The van der Waals surface area contributed by atoms with E-state index in [4.69, 9.17) is 9.47 Å². The van der Waals surface area contributed by atoms with Crippen LogP contribution in [0, 0.1) is 6.92 Å². The van der Waals surface area contributed by atoms with Crippen molar-refractivity contribution in [1.82, 2.24) is 5.43 Å². The van der Waals surface area contributed by atoms with Crippen LogP contribution in [0.4, 0.5) is 0 Å². The number of hydrogen-bond donors (Lipinski definition) is 1. The Morgan fingerprint density at radius 2 is 1.88 bits per heavy atom. The number of halogens is 2. The zero-order valence-corrected chi connectivity index (χ0v) is 22.3. The molecule has 3 rings (SSSR count). The second kappa shape index (κ2) is 12.8. The number of rotatable bonds is 10. The minimum atomic E-state index is -0.157. The van der Waals surface area contributed by atoms with Gasteiger partial charge in [-0.15, -0.1) is 11.8 Å². The van der Waals surface area contributed by atoms with E-state index in [9.17, 15) is 4.79 Å². The maximum absolute atomic E-state index is 12.1. The lowest BCUT2D eigenvalue weighted by molar-refractivity contribution is -0.118. The summed E-state index contributed by atoms with van der Waals surface area (Å²) in [6, 6.07) is 19.9. The Labute approximate surface area is 215 Å². The van der Waals surface area contributed by atoms with Gasteiger partial charge in [0.25, 0.3) is 0 Å². The SMILES string of the molecule is COc1cc(/C=N\NC(=O)CSCc2cccc(Br)c2)cc(Br)c1OCc1ccc(C)cc1. The first-order chi connectivity index (χ1) is 15.9. The smallest absolute Gasteiger partial charge is 0.250 e. The molecule has 0 aliphatic carbocycles. The average molecular weight is 592 g/mol. The van der Waals surface area contributed by atoms with Gasteiger partial charge >= 0.3 is 0 Å². The molecule has 1 N–H and O–H groups in total. The number of carbonyl (C=O) groups is 1. The van der Waals surface area contributed by atoms with Crippen LogP contribution in [0.1, 0.15) is 22.3 Å². The number of nitrogens with zero attached hydrogens (tertiary/aromatic N) is 1. The molecule has 5 nitrogen and oxygen atoms in total. The number of hydrogen-bond acceptors (Lipinski definition) is 5. The fourth-order valence-electron chi connectivity index (χ4n) is 2.89. The quantitative estimate of drug-likeness (QED) is 0.216. The molecule has 0 radical (unpaired) electrons. The Hall–Kier alpha value is -2.29. The molecule has 0 saturated carbocycles. The molecule has 0 unspecified atom stereocenters. The summed E-state index contributed by atoms with van der Waals surface area (Å²) in [6.45, 7) is 2.48. The summed E-state index contributed by atoms with van der Waals surface area (Å²) >= 11 is 8.53. The van der Waals surface area contributed by atoms with Gasteiger partial charge in [0, 0.05) is 10.2 Å². The van der Waals surface area contributed by atoms with Crippen LogP contribution in [0.3, 0.4) is 0 Å². The summed E-state index contributed by atoms with van der Waals surface area (Å²) in [5.74, 6) is 2.11. The zero-order chi connectivity index (χ0) is 23.6. The van der Waals surface area contributed by atoms with Crippen molar-refractivity contribution < 1.29 is 14.3 Å². The van der Waals surface area contributed by atoms with E-state index in [1.165, 1.54) is 17.3 Å². The fraction of sp³-hybridized carbons (Fsp3) is 0.200. The van der Waals surface area contributed by atoms with E-state index < -0.39 is 0 Å². The van der Waals surface area contributed by atoms with Crippen LogP contribution in [0.25, 0.3) is 0 Å². The molecule has 0 fully saturated rings. The summed E-state index contributed by atoms with van der Waals surface area (Å²) in [5.41, 5.74) is 6.77. The molecule has 3 aromatic carbocycles. The lowest BCUT2D eigenvalue weighted by Crippen LogP contribution is -2.19. The third-order valence-corrected chi connectivity index (χ3v) is 6.64. The van der Waals surface area contributed by atoms with Gasteiger partial charge in [-0.3, -0.25) is 4.79 Å². The molecule has 0 spiro atoms. The summed E-state index contributed by atoms with van der Waals surface area (Å²) in [7, 11) is 1.59. The number of methoxy groups -OCH3 is 1. The molecule has 0 aliphatic rings. The van der Waals surface area contributed by atoms with Gasteiger partial charge in [0.05, 0.1) is 23.5 Å². The standard InChI is InChI=1S/C25H24Br2N2O3S/c1-17-6-8-18(9-7-17)14-32-25-22(27)11-20(12-23(25)31-2)13-28-29-24(30)16-33-15-19-4-3-5-21(26)10-19/h3-13H,14-16H2,1-2H3,(H,29,30)/b28-13-. The number of hydrazone groups is 1. The topological polar surface area (TPSA) is 59.9 Å². The molecule has 0 aliphatic heterocycles. The van der Waals surface area contributed by atoms with Crippen molar-refractivity contribution in [1.29, 1.82) is 0 Å². The minimum Gasteiger partial charge on any atom is -0.493 e. The van der Waals surface area contributed by atoms with Crippen molar-refractivity contribution in [3.63, 3.8) is 0 Å². The van der Waals surface area contributed by atoms with Crippen molar-refractivity contribution in [3.8, 4) is 11.5 Å². The van der Waals surface area contributed by atoms with Crippen LogP contribution in [0.2, 0.25) is 0 Å². The number of thioether (sulfide) groups is 1. The maximum Gasteiger partial charge on any atom is 0.250 e. The summed E-state index contributed by atoms with van der Waals surface area (Å²) in [6.07, 6.45) is 1.58. The van der Waals surface area contributed by atoms with Crippen LogP contribution in [0.15, 0.2) is 74.7 Å². The molecule has 0 aromatic heterocycles. The van der Waals surface area contributed by atoms with E-state index in [1.807, 2.05) is 48.5 Å². The number of carbonyl (C=O) groups excluding carboxylic acids is 1. The van der Waals surface area contributed by atoms with Gasteiger partial charge in [0.15, 0.2) is 11.5 Å². The molecule has 0 saturated heterocycles. The maximum atomic E-state index is 12.1. The third-order valence-electron chi connectivity index (χ3n) is 4.55. The van der Waals surface area contributed by atoms with Gasteiger partial charge < -0.3 is 9.47 Å². The number of ether oxygens (including phenoxy) is 2. The van der Waals surface area contributed by atoms with Gasteiger partial charge in [0.2, 0.25) is 5.91 Å². The Kier molecular flexibility index (Phi) is 9.84. The summed E-state index contributed by atoms with van der Waals surface area (Å²) in [5, 5.41) is 4.07. The molecule has 3 aromatic rings. The van der Waals surface area contributed by atoms with E-state index in [-0.39, 0.29) is 5.91 Å². The van der Waals surface area contributed by atoms with Crippen LogP contribution in [0.5, 0.6) is 11.5 Å². The average Bonchev–Trinajstić information content (AvgIpc) is 2.79. The second-order valence-corrected chi connectivity index (χ2v) is 9.98. The Morgan fingerprint density at radius 1 is 1.09 bits per heavy atom. The van der Waals surface area contributed by atoms with Crippen molar-refractivity contribution in [3.05, 3.63) is 91.9 Å². The lowest BCUT2D eigenvalue weighted by atomic mass is 10.2. The highest BCUT2D eigenvalue weighted by Gasteiger charge is 2.12. The molecule has 0 atom stereocenters. The van der Waals surface area contributed by atoms with Gasteiger partial charge in [0.1, 0.15) is 6.61 Å². The highest BCUT2D eigenvalue weighted by Crippen LogP contribution is 2.36. The predicted molar refractivity (Wildman–Crippen MR) is 142 cm³/mol. The van der Waals surface area contributed by atoms with Crippen molar-refractivity contribution >= 4 is 55.7 Å². The van der Waals surface area contributed by atoms with Crippen LogP contribution in [-0.4, -0.2) is 25.0 Å². The van der Waals surface area contributed by atoms with E-state index >= 15 is 0 Å². The Balaban J connectivity index is 1.52. The highest BCUT2D eigenvalue weighted by atomic mass is 79.9. The number of aryl methyl sites for hydroxylation is 1. The van der Waals surface area contributed by atoms with E-state index in [0.717, 1.165) is 31.4 Å².